The lowest BCUT2D eigenvalue weighted by Gasteiger charge is -2.27. The van der Waals surface area contributed by atoms with Crippen LogP contribution in [0.5, 0.6) is 0 Å². The number of hydrogen-bond donors (Lipinski definition) is 3. The van der Waals surface area contributed by atoms with Gasteiger partial charge in [0.05, 0.1) is 17.4 Å². The van der Waals surface area contributed by atoms with Crippen molar-refractivity contribution >= 4 is 40.4 Å². The van der Waals surface area contributed by atoms with Crippen molar-refractivity contribution in [3.8, 4) is 0 Å². The van der Waals surface area contributed by atoms with Crippen molar-refractivity contribution in [2.24, 2.45) is 11.8 Å². The van der Waals surface area contributed by atoms with Crippen molar-refractivity contribution in [1.29, 1.82) is 0 Å². The quantitative estimate of drug-likeness (QED) is 0.519. The predicted molar refractivity (Wildman–Crippen MR) is 87.9 cm³/mol. The third-order valence-electron chi connectivity index (χ3n) is 3.84. The van der Waals surface area contributed by atoms with Gasteiger partial charge in [-0.2, -0.15) is 0 Å². The van der Waals surface area contributed by atoms with E-state index in [9.17, 15) is 19.5 Å². The molecule has 2 atom stereocenters. The molecule has 0 aliphatic heterocycles. The normalized spacial score (nSPS) is 21.0. The number of rotatable bonds is 3. The summed E-state index contributed by atoms with van der Waals surface area (Å²) in [4.78, 5) is 35.4. The van der Waals surface area contributed by atoms with Crippen LogP contribution in [0.3, 0.4) is 0 Å². The van der Waals surface area contributed by atoms with E-state index < -0.39 is 29.6 Å². The summed E-state index contributed by atoms with van der Waals surface area (Å²) in [5.41, 5.74) is 5.18. The van der Waals surface area contributed by atoms with Crippen LogP contribution in [0.2, 0.25) is 0 Å². The van der Waals surface area contributed by atoms with Gasteiger partial charge in [0.15, 0.2) is 0 Å². The lowest BCUT2D eigenvalue weighted by molar-refractivity contribution is -0.149. The lowest BCUT2D eigenvalue weighted by atomic mass is 9.79. The van der Waals surface area contributed by atoms with Crippen LogP contribution in [0, 0.1) is 15.4 Å². The van der Waals surface area contributed by atoms with E-state index in [2.05, 4.69) is 10.9 Å². The summed E-state index contributed by atoms with van der Waals surface area (Å²) in [6.07, 6.45) is 2.67. The van der Waals surface area contributed by atoms with Gasteiger partial charge in [0.2, 0.25) is 5.91 Å². The second-order valence-electron chi connectivity index (χ2n) is 5.26. The lowest BCUT2D eigenvalue weighted by Crippen LogP contribution is -2.48. The first kappa shape index (κ1) is 16.7. The van der Waals surface area contributed by atoms with Gasteiger partial charge < -0.3 is 5.11 Å². The minimum Gasteiger partial charge on any atom is -0.481 e. The van der Waals surface area contributed by atoms with E-state index in [1.165, 1.54) is 0 Å². The van der Waals surface area contributed by atoms with E-state index >= 15 is 0 Å². The number of aliphatic carboxylic acids is 1. The summed E-state index contributed by atoms with van der Waals surface area (Å²) in [7, 11) is 0. The fourth-order valence-corrected chi connectivity index (χ4v) is 3.30. The molecule has 0 heterocycles. The first-order valence-electron chi connectivity index (χ1n) is 7.08. The maximum atomic E-state index is 12.1. The Labute approximate surface area is 141 Å². The number of amides is 2. The average Bonchev–Trinajstić information content (AvgIpc) is 2.52. The molecule has 7 heteroatoms. The van der Waals surface area contributed by atoms with Crippen molar-refractivity contribution in [2.45, 2.75) is 25.7 Å². The highest BCUT2D eigenvalue weighted by Gasteiger charge is 2.35. The number of nitrogens with one attached hydrogen (secondary N) is 2. The molecular weight excluding hydrogens is 399 g/mol. The molecule has 1 aliphatic carbocycles. The van der Waals surface area contributed by atoms with Gasteiger partial charge in [-0.05, 0) is 47.6 Å². The molecule has 118 valence electrons. The standard InChI is InChI=1S/C15H17IN2O4/c16-12-8-4-3-7-11(12)14(20)18-17-13(19)9-5-1-2-6-10(9)15(21)22/h3-4,7-10H,1-2,5-6H2,(H,17,19)(H,18,20)(H,21,22)/t9-,10+/m1/s1. The third-order valence-corrected chi connectivity index (χ3v) is 4.78. The molecule has 22 heavy (non-hydrogen) atoms. The zero-order chi connectivity index (χ0) is 16.1. The van der Waals surface area contributed by atoms with Gasteiger partial charge in [0.25, 0.3) is 5.91 Å². The Morgan fingerprint density at radius 1 is 1.05 bits per heavy atom. The third kappa shape index (κ3) is 3.96. The van der Waals surface area contributed by atoms with Crippen LogP contribution in [-0.4, -0.2) is 22.9 Å². The summed E-state index contributed by atoms with van der Waals surface area (Å²) < 4.78 is 0.771. The van der Waals surface area contributed by atoms with E-state index in [0.29, 0.717) is 18.4 Å². The van der Waals surface area contributed by atoms with Gasteiger partial charge >= 0.3 is 5.97 Å². The Bertz CT molecular complexity index is 591. The Morgan fingerprint density at radius 3 is 2.32 bits per heavy atom. The molecule has 1 fully saturated rings. The van der Waals surface area contributed by atoms with Gasteiger partial charge in [-0.3, -0.25) is 25.2 Å². The molecular formula is C15H17IN2O4. The van der Waals surface area contributed by atoms with Crippen molar-refractivity contribution in [3.05, 3.63) is 33.4 Å². The minimum absolute atomic E-state index is 0.416. The molecule has 1 aliphatic rings. The summed E-state index contributed by atoms with van der Waals surface area (Å²) in [6.45, 7) is 0. The van der Waals surface area contributed by atoms with Crippen LogP contribution in [-0.2, 0) is 9.59 Å². The molecule has 0 bridgehead atoms. The smallest absolute Gasteiger partial charge is 0.307 e. The SMILES string of the molecule is O=C(NNC(=O)[C@@H]1CCCC[C@@H]1C(=O)O)c1ccccc1I. The predicted octanol–water partition coefficient (Wildman–Crippen LogP) is 1.94. The molecule has 1 aromatic rings. The first-order chi connectivity index (χ1) is 10.5. The van der Waals surface area contributed by atoms with Crippen molar-refractivity contribution in [1.82, 2.24) is 10.9 Å². The largest absolute Gasteiger partial charge is 0.481 e. The highest BCUT2D eigenvalue weighted by atomic mass is 127. The van der Waals surface area contributed by atoms with Gasteiger partial charge in [0, 0.05) is 3.57 Å². The molecule has 0 radical (unpaired) electrons. The zero-order valence-corrected chi connectivity index (χ0v) is 14.0. The van der Waals surface area contributed by atoms with E-state index in [0.717, 1.165) is 16.4 Å². The number of hydrogen-bond acceptors (Lipinski definition) is 3. The molecule has 1 aromatic carbocycles. The molecule has 3 N–H and O–H groups in total. The van der Waals surface area contributed by atoms with Crippen LogP contribution in [0.4, 0.5) is 0 Å². The second-order valence-corrected chi connectivity index (χ2v) is 6.42. The van der Waals surface area contributed by atoms with Crippen LogP contribution in [0.1, 0.15) is 36.0 Å². The van der Waals surface area contributed by atoms with Crippen LogP contribution < -0.4 is 10.9 Å². The fraction of sp³-hybridized carbons (Fsp3) is 0.400. The zero-order valence-electron chi connectivity index (χ0n) is 11.8. The summed E-state index contributed by atoms with van der Waals surface area (Å²) >= 11 is 2.04. The van der Waals surface area contributed by atoms with E-state index in [4.69, 9.17) is 0 Å². The summed E-state index contributed by atoms with van der Waals surface area (Å²) in [6, 6.07) is 7.00. The van der Waals surface area contributed by atoms with Gasteiger partial charge in [-0.25, -0.2) is 0 Å². The molecule has 2 rings (SSSR count). The summed E-state index contributed by atoms with van der Waals surface area (Å²) in [5.74, 6) is -3.08. The van der Waals surface area contributed by atoms with Crippen molar-refractivity contribution < 1.29 is 19.5 Å². The highest BCUT2D eigenvalue weighted by Crippen LogP contribution is 2.30. The molecule has 1 saturated carbocycles. The van der Waals surface area contributed by atoms with Crippen molar-refractivity contribution in [3.63, 3.8) is 0 Å². The molecule has 0 aromatic heterocycles. The topological polar surface area (TPSA) is 95.5 Å². The maximum Gasteiger partial charge on any atom is 0.307 e. The number of hydrazine groups is 1. The average molecular weight is 416 g/mol. The van der Waals surface area contributed by atoms with Crippen molar-refractivity contribution in [2.75, 3.05) is 0 Å². The number of halogens is 1. The van der Waals surface area contributed by atoms with Gasteiger partial charge in [-0.15, -0.1) is 0 Å². The van der Waals surface area contributed by atoms with Crippen LogP contribution in [0.25, 0.3) is 0 Å². The molecule has 0 spiro atoms. The number of carboxylic acids is 1. The Morgan fingerprint density at radius 2 is 1.68 bits per heavy atom. The molecule has 0 saturated heterocycles. The van der Waals surface area contributed by atoms with Gasteiger partial charge in [0.1, 0.15) is 0 Å². The Kier molecular flexibility index (Phi) is 5.76. The van der Waals surface area contributed by atoms with E-state index in [1.807, 2.05) is 28.7 Å². The Hall–Kier alpha value is -1.64. The molecule has 6 nitrogen and oxygen atoms in total. The van der Waals surface area contributed by atoms with Gasteiger partial charge in [-0.1, -0.05) is 25.0 Å². The van der Waals surface area contributed by atoms with Crippen LogP contribution in [0.15, 0.2) is 24.3 Å². The second kappa shape index (κ2) is 7.57. The monoisotopic (exact) mass is 416 g/mol. The minimum atomic E-state index is -0.955. The number of benzene rings is 1. The maximum absolute atomic E-state index is 12.1. The van der Waals surface area contributed by atoms with Crippen LogP contribution >= 0.6 is 22.6 Å². The molecule has 0 unspecified atom stereocenters. The van der Waals surface area contributed by atoms with E-state index in [1.54, 1.807) is 18.2 Å². The Balaban J connectivity index is 1.96. The summed E-state index contributed by atoms with van der Waals surface area (Å²) in [5, 5.41) is 9.18. The first-order valence-corrected chi connectivity index (χ1v) is 8.16. The number of carbonyl (C=O) groups is 3. The number of carbonyl (C=O) groups excluding carboxylic acids is 2. The fourth-order valence-electron chi connectivity index (χ4n) is 2.66. The molecule has 2 amide bonds. The highest BCUT2D eigenvalue weighted by molar-refractivity contribution is 14.1. The number of carboxylic acid groups (broad SMARTS) is 1. The van der Waals surface area contributed by atoms with E-state index in [-0.39, 0.29) is 0 Å².